The number of aromatic nitrogens is 3. The van der Waals surface area contributed by atoms with E-state index >= 15 is 0 Å². The van der Waals surface area contributed by atoms with E-state index in [4.69, 9.17) is 0 Å². The molecule has 1 N–H and O–H groups in total. The quantitative estimate of drug-likeness (QED) is 0.838. The summed E-state index contributed by atoms with van der Waals surface area (Å²) in [4.78, 5) is 37.3. The number of piperidine rings is 1. The van der Waals surface area contributed by atoms with Gasteiger partial charge in [0, 0.05) is 50.2 Å². The van der Waals surface area contributed by atoms with E-state index in [9.17, 15) is 9.59 Å². The van der Waals surface area contributed by atoms with Gasteiger partial charge in [-0.1, -0.05) is 0 Å². The number of H-pyrrole nitrogens is 1. The predicted molar refractivity (Wildman–Crippen MR) is 112 cm³/mol. The van der Waals surface area contributed by atoms with Gasteiger partial charge in [0.15, 0.2) is 0 Å². The predicted octanol–water partition coefficient (Wildman–Crippen LogP) is 2.03. The van der Waals surface area contributed by atoms with Gasteiger partial charge in [0.2, 0.25) is 0 Å². The Kier molecular flexibility index (Phi) is 5.85. The monoisotopic (exact) mass is 397 g/mol. The molecule has 4 rings (SSSR count). The summed E-state index contributed by atoms with van der Waals surface area (Å²) in [6.45, 7) is 3.15. The van der Waals surface area contributed by atoms with Crippen LogP contribution in [0.15, 0.2) is 23.3 Å². The molecular formula is C22H31N5O2. The summed E-state index contributed by atoms with van der Waals surface area (Å²) in [7, 11) is 4.13. The van der Waals surface area contributed by atoms with Crippen molar-refractivity contribution in [1.29, 1.82) is 0 Å². The highest BCUT2D eigenvalue weighted by atomic mass is 16.2. The number of rotatable bonds is 5. The molecule has 1 aliphatic carbocycles. The lowest BCUT2D eigenvalue weighted by Gasteiger charge is -2.33. The Morgan fingerprint density at radius 3 is 2.93 bits per heavy atom. The van der Waals surface area contributed by atoms with Crippen LogP contribution < -0.4 is 5.56 Å². The summed E-state index contributed by atoms with van der Waals surface area (Å²) in [5, 5.41) is 0. The maximum atomic E-state index is 13.2. The first-order valence-electron chi connectivity index (χ1n) is 10.7. The molecule has 0 saturated carbocycles. The van der Waals surface area contributed by atoms with Crippen molar-refractivity contribution in [3.63, 3.8) is 0 Å². The lowest BCUT2D eigenvalue weighted by molar-refractivity contribution is 0.0701. The Balaban J connectivity index is 1.51. The van der Waals surface area contributed by atoms with Crippen molar-refractivity contribution < 1.29 is 4.79 Å². The Morgan fingerprint density at radius 1 is 1.28 bits per heavy atom. The molecule has 0 unspecified atom stereocenters. The van der Waals surface area contributed by atoms with Gasteiger partial charge >= 0.3 is 0 Å². The summed E-state index contributed by atoms with van der Waals surface area (Å²) >= 11 is 0. The number of likely N-dealkylation sites (N-methyl/N-ethyl adjacent to an activating group) is 1. The highest BCUT2D eigenvalue weighted by molar-refractivity contribution is 5.94. The van der Waals surface area contributed by atoms with E-state index in [0.29, 0.717) is 18.7 Å². The number of nitrogens with one attached hydrogen (secondary N) is 1. The number of hydrogen-bond acceptors (Lipinski definition) is 4. The van der Waals surface area contributed by atoms with E-state index in [1.807, 2.05) is 23.4 Å². The Morgan fingerprint density at radius 2 is 2.10 bits per heavy atom. The highest BCUT2D eigenvalue weighted by Gasteiger charge is 2.29. The summed E-state index contributed by atoms with van der Waals surface area (Å²) in [5.41, 5.74) is 2.19. The fraction of sp³-hybridized carbons (Fsp3) is 0.591. The summed E-state index contributed by atoms with van der Waals surface area (Å²) in [6.07, 6.45) is 9.88. The van der Waals surface area contributed by atoms with Crippen molar-refractivity contribution in [2.75, 3.05) is 33.7 Å². The summed E-state index contributed by atoms with van der Waals surface area (Å²) in [6, 6.07) is 1.84. The van der Waals surface area contributed by atoms with E-state index in [-0.39, 0.29) is 17.4 Å². The van der Waals surface area contributed by atoms with Gasteiger partial charge < -0.3 is 19.4 Å². The maximum absolute atomic E-state index is 13.2. The van der Waals surface area contributed by atoms with E-state index in [1.165, 1.54) is 0 Å². The lowest BCUT2D eigenvalue weighted by Crippen LogP contribution is -2.42. The highest BCUT2D eigenvalue weighted by Crippen LogP contribution is 2.27. The molecule has 2 aromatic heterocycles. The van der Waals surface area contributed by atoms with Crippen LogP contribution >= 0.6 is 0 Å². The molecule has 156 valence electrons. The molecule has 1 amide bonds. The Bertz CT molecular complexity index is 930. The molecule has 29 heavy (non-hydrogen) atoms. The van der Waals surface area contributed by atoms with Crippen LogP contribution in [0.3, 0.4) is 0 Å². The van der Waals surface area contributed by atoms with Crippen LogP contribution in [0, 0.1) is 0 Å². The van der Waals surface area contributed by atoms with Gasteiger partial charge in [0.1, 0.15) is 11.4 Å². The van der Waals surface area contributed by atoms with Crippen LogP contribution in [0.1, 0.15) is 59.0 Å². The zero-order chi connectivity index (χ0) is 20.4. The van der Waals surface area contributed by atoms with Crippen LogP contribution in [0.2, 0.25) is 0 Å². The number of pyridine rings is 1. The van der Waals surface area contributed by atoms with E-state index < -0.39 is 0 Å². The minimum atomic E-state index is -0.245. The fourth-order valence-electron chi connectivity index (χ4n) is 4.55. The SMILES string of the molecule is CN(C)CCn1ccnc1[C@@H]1CCCN(C(=O)c2cc3c([nH]c2=O)CCCC3)C1. The molecule has 0 aromatic carbocycles. The molecule has 7 heteroatoms. The molecule has 1 atom stereocenters. The minimum absolute atomic E-state index is 0.143. The molecule has 1 saturated heterocycles. The van der Waals surface area contributed by atoms with Gasteiger partial charge in [-0.15, -0.1) is 0 Å². The van der Waals surface area contributed by atoms with Crippen molar-refractivity contribution in [1.82, 2.24) is 24.3 Å². The van der Waals surface area contributed by atoms with Crippen molar-refractivity contribution in [3.8, 4) is 0 Å². The van der Waals surface area contributed by atoms with Crippen molar-refractivity contribution in [2.45, 2.75) is 51.0 Å². The molecule has 0 radical (unpaired) electrons. The second-order valence-electron chi connectivity index (χ2n) is 8.60. The number of hydrogen-bond donors (Lipinski definition) is 1. The van der Waals surface area contributed by atoms with E-state index in [1.54, 1.807) is 0 Å². The van der Waals surface area contributed by atoms with E-state index in [0.717, 1.165) is 68.7 Å². The zero-order valence-corrected chi connectivity index (χ0v) is 17.5. The minimum Gasteiger partial charge on any atom is -0.338 e. The average Bonchev–Trinajstić information content (AvgIpc) is 3.20. The average molecular weight is 398 g/mol. The number of likely N-dealkylation sites (tertiary alicyclic amines) is 1. The third kappa shape index (κ3) is 4.29. The third-order valence-corrected chi connectivity index (χ3v) is 6.18. The third-order valence-electron chi connectivity index (χ3n) is 6.18. The van der Waals surface area contributed by atoms with Gasteiger partial charge in [0.05, 0.1) is 0 Å². The maximum Gasteiger partial charge on any atom is 0.261 e. The number of carbonyl (C=O) groups is 1. The van der Waals surface area contributed by atoms with Crippen molar-refractivity contribution >= 4 is 5.91 Å². The molecule has 2 aromatic rings. The van der Waals surface area contributed by atoms with Crippen LogP contribution in [0.5, 0.6) is 0 Å². The lowest BCUT2D eigenvalue weighted by atomic mass is 9.94. The second-order valence-corrected chi connectivity index (χ2v) is 8.60. The topological polar surface area (TPSA) is 74.2 Å². The Labute approximate surface area is 171 Å². The van der Waals surface area contributed by atoms with Crippen LogP contribution in [-0.2, 0) is 19.4 Å². The number of nitrogens with zero attached hydrogens (tertiary/aromatic N) is 4. The molecule has 1 aliphatic heterocycles. The first-order valence-corrected chi connectivity index (χ1v) is 10.7. The van der Waals surface area contributed by atoms with E-state index in [2.05, 4.69) is 33.5 Å². The number of fused-ring (bicyclic) bond motifs is 1. The molecule has 1 fully saturated rings. The van der Waals surface area contributed by atoms with Crippen LogP contribution in [-0.4, -0.2) is 64.0 Å². The molecule has 7 nitrogen and oxygen atoms in total. The van der Waals surface area contributed by atoms with Crippen molar-refractivity contribution in [2.24, 2.45) is 0 Å². The number of aryl methyl sites for hydroxylation is 2. The first kappa shape index (κ1) is 19.9. The number of carbonyl (C=O) groups excluding carboxylic acids is 1. The standard InChI is InChI=1S/C22H31N5O2/c1-25(2)12-13-26-11-9-23-20(26)17-7-5-10-27(15-17)22(29)18-14-16-6-3-4-8-19(16)24-21(18)28/h9,11,14,17H,3-8,10,12-13,15H2,1-2H3,(H,24,28)/t17-/m1/s1. The van der Waals surface area contributed by atoms with Gasteiger partial charge in [-0.25, -0.2) is 4.98 Å². The normalized spacial score (nSPS) is 19.4. The zero-order valence-electron chi connectivity index (χ0n) is 17.5. The smallest absolute Gasteiger partial charge is 0.261 e. The Hall–Kier alpha value is -2.41. The molecular weight excluding hydrogens is 366 g/mol. The number of imidazole rings is 1. The van der Waals surface area contributed by atoms with Gasteiger partial charge in [-0.2, -0.15) is 0 Å². The fourth-order valence-corrected chi connectivity index (χ4v) is 4.55. The number of amides is 1. The largest absolute Gasteiger partial charge is 0.338 e. The molecule has 0 bridgehead atoms. The first-order chi connectivity index (χ1) is 14.0. The molecule has 2 aliphatic rings. The second kappa shape index (κ2) is 8.53. The van der Waals surface area contributed by atoms with Gasteiger partial charge in [-0.05, 0) is 64.3 Å². The van der Waals surface area contributed by atoms with Crippen LogP contribution in [0.4, 0.5) is 0 Å². The van der Waals surface area contributed by atoms with Gasteiger partial charge in [-0.3, -0.25) is 9.59 Å². The summed E-state index contributed by atoms with van der Waals surface area (Å²) in [5.74, 6) is 1.11. The van der Waals surface area contributed by atoms with Gasteiger partial charge in [0.25, 0.3) is 11.5 Å². The van der Waals surface area contributed by atoms with Crippen molar-refractivity contribution in [3.05, 3.63) is 51.5 Å². The summed E-state index contributed by atoms with van der Waals surface area (Å²) < 4.78 is 2.20. The molecule has 0 spiro atoms. The molecule has 3 heterocycles. The number of aromatic amines is 1. The van der Waals surface area contributed by atoms with Crippen LogP contribution in [0.25, 0.3) is 0 Å².